The predicted octanol–water partition coefficient (Wildman–Crippen LogP) is 5.51. The van der Waals surface area contributed by atoms with Gasteiger partial charge in [-0.05, 0) is 68.8 Å². The van der Waals surface area contributed by atoms with E-state index in [2.05, 4.69) is 5.32 Å². The number of amides is 1. The molecule has 1 aromatic heterocycles. The van der Waals surface area contributed by atoms with Crippen LogP contribution < -0.4 is 5.32 Å². The number of nitro groups is 1. The Morgan fingerprint density at radius 1 is 1.16 bits per heavy atom. The number of hydrogen-bond donors (Lipinski definition) is 1. The zero-order chi connectivity index (χ0) is 22.7. The highest BCUT2D eigenvalue weighted by Crippen LogP contribution is 2.27. The molecule has 0 unspecified atom stereocenters. The van der Waals surface area contributed by atoms with Crippen molar-refractivity contribution in [3.05, 3.63) is 91.8 Å². The second kappa shape index (κ2) is 8.86. The maximum Gasteiger partial charge on any atom is 0.274 e. The highest BCUT2D eigenvalue weighted by Gasteiger charge is 2.17. The number of anilines is 1. The number of aryl methyl sites for hydroxylation is 2. The SMILES string of the molecule is Cc1ccc(-n2c(C)cc(/C=C(/C#N)C(=O)Nc3ccc(Cl)cc3)c2C)cc1[N+](=O)[O-]. The molecule has 8 heteroatoms. The summed E-state index contributed by atoms with van der Waals surface area (Å²) in [6.45, 7) is 5.37. The zero-order valence-corrected chi connectivity index (χ0v) is 17.9. The number of nitriles is 1. The van der Waals surface area contributed by atoms with Crippen LogP contribution in [-0.2, 0) is 4.79 Å². The molecule has 7 nitrogen and oxygen atoms in total. The maximum absolute atomic E-state index is 12.5. The third kappa shape index (κ3) is 4.65. The average molecular weight is 435 g/mol. The van der Waals surface area contributed by atoms with Gasteiger partial charge in [-0.15, -0.1) is 0 Å². The van der Waals surface area contributed by atoms with E-state index in [0.717, 1.165) is 11.4 Å². The largest absolute Gasteiger partial charge is 0.321 e. The summed E-state index contributed by atoms with van der Waals surface area (Å²) in [6, 6.07) is 15.3. The van der Waals surface area contributed by atoms with Gasteiger partial charge in [-0.1, -0.05) is 17.7 Å². The Morgan fingerprint density at radius 3 is 2.45 bits per heavy atom. The smallest absolute Gasteiger partial charge is 0.274 e. The van der Waals surface area contributed by atoms with Gasteiger partial charge in [-0.2, -0.15) is 5.26 Å². The summed E-state index contributed by atoms with van der Waals surface area (Å²) < 4.78 is 1.85. The van der Waals surface area contributed by atoms with Gasteiger partial charge in [-0.3, -0.25) is 14.9 Å². The first-order chi connectivity index (χ1) is 14.7. The topological polar surface area (TPSA) is 101 Å². The van der Waals surface area contributed by atoms with Crippen LogP contribution in [0.3, 0.4) is 0 Å². The van der Waals surface area contributed by atoms with Gasteiger partial charge in [0.25, 0.3) is 11.6 Å². The van der Waals surface area contributed by atoms with Crippen molar-refractivity contribution < 1.29 is 9.72 Å². The van der Waals surface area contributed by atoms with Gasteiger partial charge >= 0.3 is 0 Å². The van der Waals surface area contributed by atoms with Crippen LogP contribution in [0, 0.1) is 42.2 Å². The standard InChI is InChI=1S/C23H19ClN4O3/c1-14-4-9-21(12-22(14)28(30)31)27-15(2)10-17(16(27)3)11-18(13-25)23(29)26-20-7-5-19(24)6-8-20/h4-12H,1-3H3,(H,26,29)/b18-11-. The summed E-state index contributed by atoms with van der Waals surface area (Å²) in [5.41, 5.74) is 3.93. The van der Waals surface area contributed by atoms with Crippen LogP contribution in [0.2, 0.25) is 5.02 Å². The Balaban J connectivity index is 1.97. The molecule has 3 aromatic rings. The number of nitro benzene ring substituents is 1. The van der Waals surface area contributed by atoms with Gasteiger partial charge < -0.3 is 9.88 Å². The van der Waals surface area contributed by atoms with Crippen LogP contribution in [0.25, 0.3) is 11.8 Å². The van der Waals surface area contributed by atoms with Crippen molar-refractivity contribution in [1.29, 1.82) is 5.26 Å². The minimum Gasteiger partial charge on any atom is -0.321 e. The van der Waals surface area contributed by atoms with Gasteiger partial charge in [0.2, 0.25) is 0 Å². The Morgan fingerprint density at radius 2 is 1.84 bits per heavy atom. The molecule has 0 saturated carbocycles. The van der Waals surface area contributed by atoms with E-state index in [1.54, 1.807) is 43.3 Å². The number of carbonyl (C=O) groups excluding carboxylic acids is 1. The summed E-state index contributed by atoms with van der Waals surface area (Å²) in [7, 11) is 0. The Hall–Kier alpha value is -3.89. The van der Waals surface area contributed by atoms with Crippen LogP contribution in [0.15, 0.2) is 54.1 Å². The highest BCUT2D eigenvalue weighted by atomic mass is 35.5. The minimum absolute atomic E-state index is 0.0298. The van der Waals surface area contributed by atoms with Gasteiger partial charge in [0.05, 0.1) is 10.6 Å². The number of carbonyl (C=O) groups is 1. The van der Waals surface area contributed by atoms with Crippen molar-refractivity contribution >= 4 is 35.0 Å². The molecular formula is C23H19ClN4O3. The van der Waals surface area contributed by atoms with Crippen molar-refractivity contribution in [2.24, 2.45) is 0 Å². The average Bonchev–Trinajstić information content (AvgIpc) is 3.01. The molecule has 0 radical (unpaired) electrons. The first-order valence-corrected chi connectivity index (χ1v) is 9.72. The number of rotatable bonds is 5. The number of nitrogens with one attached hydrogen (secondary N) is 1. The molecule has 3 rings (SSSR count). The number of nitrogens with zero attached hydrogens (tertiary/aromatic N) is 3. The van der Waals surface area contributed by atoms with E-state index in [0.29, 0.717) is 27.5 Å². The lowest BCUT2D eigenvalue weighted by Gasteiger charge is -2.10. The summed E-state index contributed by atoms with van der Waals surface area (Å²) >= 11 is 5.85. The molecule has 2 aromatic carbocycles. The third-order valence-electron chi connectivity index (χ3n) is 4.88. The van der Waals surface area contributed by atoms with Crippen molar-refractivity contribution in [2.45, 2.75) is 20.8 Å². The molecule has 0 spiro atoms. The molecule has 1 heterocycles. The monoisotopic (exact) mass is 434 g/mol. The first kappa shape index (κ1) is 21.8. The molecule has 31 heavy (non-hydrogen) atoms. The van der Waals surface area contributed by atoms with Crippen LogP contribution >= 0.6 is 11.6 Å². The highest BCUT2D eigenvalue weighted by molar-refractivity contribution is 6.30. The number of benzene rings is 2. The lowest BCUT2D eigenvalue weighted by atomic mass is 10.1. The van der Waals surface area contributed by atoms with Crippen LogP contribution in [-0.4, -0.2) is 15.4 Å². The number of hydrogen-bond acceptors (Lipinski definition) is 4. The van der Waals surface area contributed by atoms with Crippen molar-refractivity contribution in [3.8, 4) is 11.8 Å². The third-order valence-corrected chi connectivity index (χ3v) is 5.14. The molecule has 156 valence electrons. The molecule has 0 aliphatic rings. The minimum atomic E-state index is -0.541. The fourth-order valence-corrected chi connectivity index (χ4v) is 3.43. The van der Waals surface area contributed by atoms with E-state index in [1.807, 2.05) is 30.6 Å². The molecule has 0 fully saturated rings. The van der Waals surface area contributed by atoms with Gasteiger partial charge in [0.1, 0.15) is 11.6 Å². The molecule has 1 amide bonds. The van der Waals surface area contributed by atoms with Gasteiger partial charge in [0, 0.05) is 33.7 Å². The molecular weight excluding hydrogens is 416 g/mol. The molecule has 0 atom stereocenters. The van der Waals surface area contributed by atoms with Gasteiger partial charge in [0.15, 0.2) is 0 Å². The normalized spacial score (nSPS) is 11.1. The zero-order valence-electron chi connectivity index (χ0n) is 17.1. The summed E-state index contributed by atoms with van der Waals surface area (Å²) in [4.78, 5) is 23.4. The quantitative estimate of drug-likeness (QED) is 0.247. The lowest BCUT2D eigenvalue weighted by Crippen LogP contribution is -2.13. The molecule has 0 bridgehead atoms. The van der Waals surface area contributed by atoms with Crippen LogP contribution in [0.4, 0.5) is 11.4 Å². The maximum atomic E-state index is 12.5. The Labute approximate surface area is 184 Å². The van der Waals surface area contributed by atoms with E-state index >= 15 is 0 Å². The second-order valence-corrected chi connectivity index (χ2v) is 7.46. The Bertz CT molecular complexity index is 1250. The molecule has 0 aliphatic heterocycles. The van der Waals surface area contributed by atoms with Crippen molar-refractivity contribution in [3.63, 3.8) is 0 Å². The number of halogens is 1. The summed E-state index contributed by atoms with van der Waals surface area (Å²) in [5.74, 6) is -0.541. The van der Waals surface area contributed by atoms with E-state index < -0.39 is 10.8 Å². The van der Waals surface area contributed by atoms with E-state index in [4.69, 9.17) is 11.6 Å². The van der Waals surface area contributed by atoms with Crippen LogP contribution in [0.5, 0.6) is 0 Å². The molecule has 1 N–H and O–H groups in total. The fourth-order valence-electron chi connectivity index (χ4n) is 3.30. The molecule has 0 aliphatic carbocycles. The summed E-state index contributed by atoms with van der Waals surface area (Å²) in [5, 5.41) is 24.0. The second-order valence-electron chi connectivity index (χ2n) is 7.02. The van der Waals surface area contributed by atoms with Gasteiger partial charge in [-0.25, -0.2) is 0 Å². The van der Waals surface area contributed by atoms with E-state index in [-0.39, 0.29) is 11.3 Å². The lowest BCUT2D eigenvalue weighted by molar-refractivity contribution is -0.385. The van der Waals surface area contributed by atoms with Crippen molar-refractivity contribution in [2.75, 3.05) is 5.32 Å². The molecule has 0 saturated heterocycles. The van der Waals surface area contributed by atoms with E-state index in [1.165, 1.54) is 12.1 Å². The predicted molar refractivity (Wildman–Crippen MR) is 120 cm³/mol. The first-order valence-electron chi connectivity index (χ1n) is 9.34. The van der Waals surface area contributed by atoms with Crippen LogP contribution in [0.1, 0.15) is 22.5 Å². The fraction of sp³-hybridized carbons (Fsp3) is 0.130. The number of aromatic nitrogens is 1. The summed E-state index contributed by atoms with van der Waals surface area (Å²) in [6.07, 6.45) is 1.51. The van der Waals surface area contributed by atoms with Crippen molar-refractivity contribution in [1.82, 2.24) is 4.57 Å². The van der Waals surface area contributed by atoms with E-state index in [9.17, 15) is 20.2 Å². The Kier molecular flexibility index (Phi) is 6.23.